The first-order chi connectivity index (χ1) is 12.1. The molecule has 1 N–H and O–H groups in total. The van der Waals surface area contributed by atoms with E-state index in [1.807, 2.05) is 43.3 Å². The largest absolute Gasteiger partial charge is 0.356 e. The van der Waals surface area contributed by atoms with E-state index in [0.29, 0.717) is 11.7 Å². The summed E-state index contributed by atoms with van der Waals surface area (Å²) in [7, 11) is 2.09. The molecule has 0 atom stereocenters. The van der Waals surface area contributed by atoms with E-state index in [-0.39, 0.29) is 5.82 Å². The van der Waals surface area contributed by atoms with Gasteiger partial charge in [-0.05, 0) is 55.8 Å². The fourth-order valence-corrected chi connectivity index (χ4v) is 3.66. The molecular formula is C20H23FN4. The van der Waals surface area contributed by atoms with E-state index >= 15 is 0 Å². The van der Waals surface area contributed by atoms with Crippen molar-refractivity contribution in [1.82, 2.24) is 15.1 Å². The molecule has 1 saturated heterocycles. The number of anilines is 1. The number of piperidine rings is 1. The molecule has 0 aliphatic carbocycles. The smallest absolute Gasteiger partial charge is 0.149 e. The molecule has 1 aromatic heterocycles. The summed E-state index contributed by atoms with van der Waals surface area (Å²) in [5.41, 5.74) is 1.39. The maximum atomic E-state index is 14.8. The van der Waals surface area contributed by atoms with Gasteiger partial charge in [-0.3, -0.25) is 0 Å². The van der Waals surface area contributed by atoms with Crippen molar-refractivity contribution in [2.75, 3.05) is 25.0 Å². The van der Waals surface area contributed by atoms with Crippen molar-refractivity contribution in [3.63, 3.8) is 0 Å². The Kier molecular flexibility index (Phi) is 4.17. The fraction of sp³-hybridized carbons (Fsp3) is 0.350. The van der Waals surface area contributed by atoms with Gasteiger partial charge in [-0.15, -0.1) is 0 Å². The fourth-order valence-electron chi connectivity index (χ4n) is 3.66. The second kappa shape index (κ2) is 6.48. The van der Waals surface area contributed by atoms with E-state index in [4.69, 9.17) is 0 Å². The first-order valence-electron chi connectivity index (χ1n) is 8.82. The Balaban J connectivity index is 1.79. The average Bonchev–Trinajstić information content (AvgIpc) is 3.02. The third-order valence-corrected chi connectivity index (χ3v) is 5.07. The average molecular weight is 338 g/mol. The summed E-state index contributed by atoms with van der Waals surface area (Å²) in [6, 6.07) is 13.8. The van der Waals surface area contributed by atoms with Crippen molar-refractivity contribution >= 4 is 16.6 Å². The molecule has 25 heavy (non-hydrogen) atoms. The van der Waals surface area contributed by atoms with Crippen molar-refractivity contribution < 1.29 is 4.39 Å². The van der Waals surface area contributed by atoms with E-state index in [1.165, 1.54) is 0 Å². The van der Waals surface area contributed by atoms with Gasteiger partial charge in [0, 0.05) is 19.2 Å². The molecular weight excluding hydrogens is 315 g/mol. The molecule has 0 amide bonds. The minimum absolute atomic E-state index is 0.248. The third-order valence-electron chi connectivity index (χ3n) is 5.07. The molecule has 2 heterocycles. The maximum absolute atomic E-state index is 14.8. The van der Waals surface area contributed by atoms with Crippen LogP contribution in [0.2, 0.25) is 0 Å². The van der Waals surface area contributed by atoms with Crippen LogP contribution in [0.4, 0.5) is 10.2 Å². The first-order valence-corrected chi connectivity index (χ1v) is 8.82. The molecule has 4 rings (SSSR count). The van der Waals surface area contributed by atoms with Crippen molar-refractivity contribution in [1.29, 1.82) is 0 Å². The van der Waals surface area contributed by atoms with Crippen LogP contribution in [0.5, 0.6) is 0 Å². The van der Waals surface area contributed by atoms with Crippen molar-refractivity contribution in [3.8, 4) is 5.69 Å². The topological polar surface area (TPSA) is 33.1 Å². The second-order valence-corrected chi connectivity index (χ2v) is 6.80. The van der Waals surface area contributed by atoms with Gasteiger partial charge in [-0.1, -0.05) is 24.3 Å². The molecule has 0 unspecified atom stereocenters. The minimum Gasteiger partial charge on any atom is -0.356 e. The summed E-state index contributed by atoms with van der Waals surface area (Å²) in [5.74, 6) is 0.695. The van der Waals surface area contributed by atoms with Crippen LogP contribution in [-0.4, -0.2) is 36.0 Å². The van der Waals surface area contributed by atoms with Crippen LogP contribution >= 0.6 is 0 Å². The summed E-state index contributed by atoms with van der Waals surface area (Å²) < 4.78 is 16.6. The number of rotatable bonds is 3. The zero-order chi connectivity index (χ0) is 17.4. The molecule has 0 radical (unpaired) electrons. The van der Waals surface area contributed by atoms with Gasteiger partial charge in [-0.2, -0.15) is 5.10 Å². The molecule has 1 fully saturated rings. The highest BCUT2D eigenvalue weighted by atomic mass is 19.1. The van der Waals surface area contributed by atoms with Gasteiger partial charge in [0.05, 0.1) is 5.69 Å². The lowest BCUT2D eigenvalue weighted by atomic mass is 10.1. The Morgan fingerprint density at radius 3 is 2.52 bits per heavy atom. The lowest BCUT2D eigenvalue weighted by Crippen LogP contribution is -2.41. The molecule has 0 spiro atoms. The van der Waals surface area contributed by atoms with Crippen LogP contribution in [0, 0.1) is 12.7 Å². The van der Waals surface area contributed by atoms with Crippen LogP contribution in [0.3, 0.4) is 0 Å². The number of benzene rings is 2. The maximum Gasteiger partial charge on any atom is 0.149 e. The lowest BCUT2D eigenvalue weighted by Gasteiger charge is -2.33. The lowest BCUT2D eigenvalue weighted by molar-refractivity contribution is 0.439. The first kappa shape index (κ1) is 16.1. The number of halogens is 1. The highest BCUT2D eigenvalue weighted by Crippen LogP contribution is 2.28. The van der Waals surface area contributed by atoms with Gasteiger partial charge in [-0.25, -0.2) is 9.07 Å². The predicted molar refractivity (Wildman–Crippen MR) is 100 cm³/mol. The summed E-state index contributed by atoms with van der Waals surface area (Å²) in [4.78, 5) is 2.25. The highest BCUT2D eigenvalue weighted by Gasteiger charge is 2.23. The third kappa shape index (κ3) is 3.00. The van der Waals surface area contributed by atoms with E-state index < -0.39 is 0 Å². The van der Waals surface area contributed by atoms with Gasteiger partial charge in [0.2, 0.25) is 0 Å². The van der Waals surface area contributed by atoms with E-state index in [0.717, 1.165) is 48.2 Å². The van der Waals surface area contributed by atoms with Crippen molar-refractivity contribution in [2.24, 2.45) is 0 Å². The highest BCUT2D eigenvalue weighted by molar-refractivity contribution is 5.84. The Labute approximate surface area is 147 Å². The summed E-state index contributed by atoms with van der Waals surface area (Å²) in [6.45, 7) is 3.99. The monoisotopic (exact) mass is 338 g/mol. The van der Waals surface area contributed by atoms with Crippen molar-refractivity contribution in [3.05, 3.63) is 54.0 Å². The molecule has 4 nitrogen and oxygen atoms in total. The van der Waals surface area contributed by atoms with Crippen LogP contribution in [0.25, 0.3) is 16.5 Å². The molecule has 0 saturated carbocycles. The van der Waals surface area contributed by atoms with Gasteiger partial charge in [0.15, 0.2) is 0 Å². The number of aryl methyl sites for hydroxylation is 1. The van der Waals surface area contributed by atoms with Gasteiger partial charge < -0.3 is 10.2 Å². The Bertz CT molecular complexity index is 896. The zero-order valence-corrected chi connectivity index (χ0v) is 14.7. The normalized spacial score (nSPS) is 15.6. The quantitative estimate of drug-likeness (QED) is 0.791. The number of hydrogen-bond donors (Lipinski definition) is 1. The van der Waals surface area contributed by atoms with Crippen LogP contribution in [0.15, 0.2) is 42.5 Å². The Morgan fingerprint density at radius 1 is 1.12 bits per heavy atom. The van der Waals surface area contributed by atoms with Crippen LogP contribution in [0.1, 0.15) is 18.5 Å². The number of hydrogen-bond acceptors (Lipinski definition) is 3. The summed E-state index contributed by atoms with van der Waals surface area (Å²) >= 11 is 0. The van der Waals surface area contributed by atoms with Gasteiger partial charge in [0.25, 0.3) is 0 Å². The Hall–Kier alpha value is -2.40. The number of nitrogens with one attached hydrogen (secondary N) is 1. The predicted octanol–water partition coefficient (Wildman–Crippen LogP) is 3.66. The SMILES string of the molecule is Cc1cc(N(C)C2CCNCC2)n(-c2cc3ccccc3cc2F)n1. The molecule has 0 bridgehead atoms. The second-order valence-electron chi connectivity index (χ2n) is 6.80. The number of fused-ring (bicyclic) bond motifs is 1. The molecule has 5 heteroatoms. The van der Waals surface area contributed by atoms with E-state index in [9.17, 15) is 4.39 Å². The number of aromatic nitrogens is 2. The molecule has 130 valence electrons. The van der Waals surface area contributed by atoms with E-state index in [1.54, 1.807) is 10.7 Å². The number of nitrogens with zero attached hydrogens (tertiary/aromatic N) is 3. The van der Waals surface area contributed by atoms with Crippen LogP contribution < -0.4 is 10.2 Å². The molecule has 1 aliphatic heterocycles. The molecule has 2 aromatic carbocycles. The van der Waals surface area contributed by atoms with Gasteiger partial charge in [0.1, 0.15) is 17.3 Å². The minimum atomic E-state index is -0.248. The summed E-state index contributed by atoms with van der Waals surface area (Å²) in [5, 5.41) is 9.90. The van der Waals surface area contributed by atoms with Gasteiger partial charge >= 0.3 is 0 Å². The molecule has 1 aliphatic rings. The summed E-state index contributed by atoms with van der Waals surface area (Å²) in [6.07, 6.45) is 2.17. The van der Waals surface area contributed by atoms with Crippen molar-refractivity contribution in [2.45, 2.75) is 25.8 Å². The van der Waals surface area contributed by atoms with E-state index in [2.05, 4.69) is 22.4 Å². The standard InChI is InChI=1S/C20H23FN4/c1-14-11-20(24(2)17-7-9-22-10-8-17)25(23-14)19-13-16-6-4-3-5-15(16)12-18(19)21/h3-6,11-13,17,22H,7-10H2,1-2H3. The molecule has 3 aromatic rings. The van der Waals surface area contributed by atoms with Crippen LogP contribution in [-0.2, 0) is 0 Å². The zero-order valence-electron chi connectivity index (χ0n) is 14.7. The Morgan fingerprint density at radius 2 is 1.80 bits per heavy atom.